The predicted molar refractivity (Wildman–Crippen MR) is 82.1 cm³/mol. The van der Waals surface area contributed by atoms with E-state index in [2.05, 4.69) is 4.98 Å². The number of carbonyl (C=O) groups is 1. The van der Waals surface area contributed by atoms with Gasteiger partial charge in [0.2, 0.25) is 5.88 Å². The van der Waals surface area contributed by atoms with E-state index < -0.39 is 35.6 Å². The minimum Gasteiger partial charge on any atom is -0.472 e. The summed E-state index contributed by atoms with van der Waals surface area (Å²) >= 11 is 0. The fraction of sp³-hybridized carbons (Fsp3) is 0.625. The quantitative estimate of drug-likeness (QED) is 0.895. The number of aliphatic hydroxyl groups excluding tert-OH is 1. The van der Waals surface area contributed by atoms with Crippen LogP contribution in [-0.2, 0) is 10.9 Å². The van der Waals surface area contributed by atoms with Crippen molar-refractivity contribution in [2.75, 3.05) is 13.2 Å². The zero-order valence-electron chi connectivity index (χ0n) is 14.2. The van der Waals surface area contributed by atoms with Crippen LogP contribution in [0.4, 0.5) is 18.0 Å². The van der Waals surface area contributed by atoms with E-state index in [0.29, 0.717) is 12.6 Å². The molecule has 2 atom stereocenters. The molecule has 0 radical (unpaired) electrons. The van der Waals surface area contributed by atoms with Crippen LogP contribution in [0, 0.1) is 0 Å². The van der Waals surface area contributed by atoms with Gasteiger partial charge in [-0.15, -0.1) is 0 Å². The van der Waals surface area contributed by atoms with Gasteiger partial charge in [-0.2, -0.15) is 13.2 Å². The monoisotopic (exact) mass is 362 g/mol. The van der Waals surface area contributed by atoms with Gasteiger partial charge in [0.1, 0.15) is 11.7 Å². The molecule has 0 spiro atoms. The highest BCUT2D eigenvalue weighted by molar-refractivity contribution is 5.69. The fourth-order valence-corrected chi connectivity index (χ4v) is 2.46. The molecule has 0 bridgehead atoms. The van der Waals surface area contributed by atoms with Crippen LogP contribution in [0.3, 0.4) is 0 Å². The zero-order valence-corrected chi connectivity index (χ0v) is 14.2. The lowest BCUT2D eigenvalue weighted by Gasteiger charge is -2.27. The van der Waals surface area contributed by atoms with E-state index in [1.54, 1.807) is 20.8 Å². The summed E-state index contributed by atoms with van der Waals surface area (Å²) < 4.78 is 48.4. The first-order valence-electron chi connectivity index (χ1n) is 7.80. The number of nitrogens with zero attached hydrogens (tertiary/aromatic N) is 2. The Morgan fingerprint density at radius 1 is 1.36 bits per heavy atom. The first kappa shape index (κ1) is 19.3. The minimum absolute atomic E-state index is 0.0285. The van der Waals surface area contributed by atoms with Crippen LogP contribution >= 0.6 is 0 Å². The summed E-state index contributed by atoms with van der Waals surface area (Å²) in [6.45, 7) is 5.08. The second-order valence-electron chi connectivity index (χ2n) is 6.83. The average molecular weight is 362 g/mol. The summed E-state index contributed by atoms with van der Waals surface area (Å²) in [6.07, 6.45) is -4.50. The Labute approximate surface area is 143 Å². The van der Waals surface area contributed by atoms with E-state index >= 15 is 0 Å². The van der Waals surface area contributed by atoms with Gasteiger partial charge in [-0.1, -0.05) is 0 Å². The van der Waals surface area contributed by atoms with Gasteiger partial charge < -0.3 is 14.6 Å². The number of aromatic nitrogens is 1. The molecular formula is C16H21F3N2O4. The molecule has 0 aliphatic carbocycles. The maximum atomic E-state index is 12.5. The van der Waals surface area contributed by atoms with Crippen molar-refractivity contribution in [2.24, 2.45) is 0 Å². The van der Waals surface area contributed by atoms with Gasteiger partial charge >= 0.3 is 12.3 Å². The number of aliphatic hydroxyl groups is 1. The number of alkyl halides is 3. The predicted octanol–water partition coefficient (Wildman–Crippen LogP) is 2.85. The Morgan fingerprint density at radius 2 is 2.04 bits per heavy atom. The molecule has 1 saturated heterocycles. The normalized spacial score (nSPS) is 21.3. The van der Waals surface area contributed by atoms with Crippen molar-refractivity contribution in [3.63, 3.8) is 0 Å². The molecule has 25 heavy (non-hydrogen) atoms. The molecule has 1 aromatic heterocycles. The number of rotatable bonds is 3. The SMILES string of the molecule is CC(C)(C)OC(=O)N1C[C@@H](Oc2ccc(C(F)(F)F)cn2)C[C@H]1CO. The van der Waals surface area contributed by atoms with Crippen molar-refractivity contribution in [1.82, 2.24) is 9.88 Å². The lowest BCUT2D eigenvalue weighted by Crippen LogP contribution is -2.41. The molecule has 9 heteroatoms. The highest BCUT2D eigenvalue weighted by Crippen LogP contribution is 2.30. The van der Waals surface area contributed by atoms with Crippen molar-refractivity contribution >= 4 is 6.09 Å². The Kier molecular flexibility index (Phi) is 5.46. The average Bonchev–Trinajstić information content (AvgIpc) is 2.88. The maximum Gasteiger partial charge on any atom is 0.417 e. The van der Waals surface area contributed by atoms with Crippen molar-refractivity contribution in [2.45, 2.75) is 51.1 Å². The summed E-state index contributed by atoms with van der Waals surface area (Å²) in [6, 6.07) is 1.54. The van der Waals surface area contributed by atoms with Crippen molar-refractivity contribution in [3.05, 3.63) is 23.9 Å². The van der Waals surface area contributed by atoms with Gasteiger partial charge in [0.15, 0.2) is 0 Å². The molecule has 1 fully saturated rings. The maximum absolute atomic E-state index is 12.5. The molecule has 140 valence electrons. The number of amides is 1. The largest absolute Gasteiger partial charge is 0.472 e. The Hall–Kier alpha value is -2.03. The van der Waals surface area contributed by atoms with Gasteiger partial charge in [-0.05, 0) is 26.8 Å². The van der Waals surface area contributed by atoms with Gasteiger partial charge in [0.25, 0.3) is 0 Å². The molecule has 2 heterocycles. The second kappa shape index (κ2) is 7.07. The van der Waals surface area contributed by atoms with E-state index in [1.807, 2.05) is 0 Å². The third kappa shape index (κ3) is 5.22. The van der Waals surface area contributed by atoms with Crippen LogP contribution in [0.5, 0.6) is 5.88 Å². The molecule has 1 aromatic rings. The number of halogens is 3. The highest BCUT2D eigenvalue weighted by Gasteiger charge is 2.38. The zero-order chi connectivity index (χ0) is 18.8. The molecule has 0 unspecified atom stereocenters. The van der Waals surface area contributed by atoms with E-state index in [1.165, 1.54) is 4.90 Å². The minimum atomic E-state index is -4.46. The van der Waals surface area contributed by atoms with Crippen LogP contribution in [0.25, 0.3) is 0 Å². The van der Waals surface area contributed by atoms with Crippen molar-refractivity contribution < 1.29 is 32.5 Å². The lowest BCUT2D eigenvalue weighted by atomic mass is 10.2. The third-order valence-electron chi connectivity index (χ3n) is 3.57. The van der Waals surface area contributed by atoms with Crippen LogP contribution in [0.1, 0.15) is 32.8 Å². The number of likely N-dealkylation sites (tertiary alicyclic amines) is 1. The molecule has 2 rings (SSSR count). The van der Waals surface area contributed by atoms with E-state index in [4.69, 9.17) is 9.47 Å². The smallest absolute Gasteiger partial charge is 0.417 e. The molecule has 1 amide bonds. The number of pyridine rings is 1. The van der Waals surface area contributed by atoms with Crippen LogP contribution < -0.4 is 4.74 Å². The first-order chi connectivity index (χ1) is 11.5. The summed E-state index contributed by atoms with van der Waals surface area (Å²) in [5.41, 5.74) is -1.54. The summed E-state index contributed by atoms with van der Waals surface area (Å²) in [7, 11) is 0. The Balaban J connectivity index is 2.01. The molecule has 1 N–H and O–H groups in total. The standard InChI is InChI=1S/C16H21F3N2O4/c1-15(2,3)25-14(23)21-8-12(6-11(21)9-22)24-13-5-4-10(7-20-13)16(17,18)19/h4-5,7,11-12,22H,6,8-9H2,1-3H3/t11-,12-/m0/s1. The van der Waals surface area contributed by atoms with Crippen molar-refractivity contribution in [1.29, 1.82) is 0 Å². The van der Waals surface area contributed by atoms with Gasteiger partial charge in [0, 0.05) is 18.7 Å². The molecule has 1 aliphatic rings. The van der Waals surface area contributed by atoms with Gasteiger partial charge in [0.05, 0.1) is 24.8 Å². The van der Waals surface area contributed by atoms with Crippen molar-refractivity contribution in [3.8, 4) is 5.88 Å². The fourth-order valence-electron chi connectivity index (χ4n) is 2.46. The highest BCUT2D eigenvalue weighted by atomic mass is 19.4. The topological polar surface area (TPSA) is 71.9 Å². The van der Waals surface area contributed by atoms with Crippen LogP contribution in [0.15, 0.2) is 18.3 Å². The molecule has 0 aromatic carbocycles. The third-order valence-corrected chi connectivity index (χ3v) is 3.57. The number of hydrogen-bond acceptors (Lipinski definition) is 5. The summed E-state index contributed by atoms with van der Waals surface area (Å²) in [4.78, 5) is 17.2. The molecular weight excluding hydrogens is 341 g/mol. The van der Waals surface area contributed by atoms with E-state index in [9.17, 15) is 23.1 Å². The number of carbonyl (C=O) groups excluding carboxylic acids is 1. The second-order valence-corrected chi connectivity index (χ2v) is 6.83. The Bertz CT molecular complexity index is 599. The van der Waals surface area contributed by atoms with Gasteiger partial charge in [-0.25, -0.2) is 9.78 Å². The van der Waals surface area contributed by atoms with Crippen LogP contribution in [0.2, 0.25) is 0 Å². The Morgan fingerprint density at radius 3 is 2.52 bits per heavy atom. The summed E-state index contributed by atoms with van der Waals surface area (Å²) in [5, 5.41) is 9.45. The van der Waals surface area contributed by atoms with E-state index in [-0.39, 0.29) is 19.0 Å². The van der Waals surface area contributed by atoms with Gasteiger partial charge in [-0.3, -0.25) is 4.90 Å². The number of ether oxygens (including phenoxy) is 2. The molecule has 6 nitrogen and oxygen atoms in total. The first-order valence-corrected chi connectivity index (χ1v) is 7.80. The molecule has 0 saturated carbocycles. The van der Waals surface area contributed by atoms with Crippen LogP contribution in [-0.4, -0.2) is 52.0 Å². The number of hydrogen-bond donors (Lipinski definition) is 1. The lowest BCUT2D eigenvalue weighted by molar-refractivity contribution is -0.137. The van der Waals surface area contributed by atoms with E-state index in [0.717, 1.165) is 12.1 Å². The summed E-state index contributed by atoms with van der Waals surface area (Å²) in [5.74, 6) is 0.0285. The molecule has 1 aliphatic heterocycles.